The Labute approximate surface area is 140 Å². The maximum atomic E-state index is 12.4. The van der Waals surface area contributed by atoms with E-state index in [9.17, 15) is 9.59 Å². The molecule has 5 heteroatoms. The maximum Gasteiger partial charge on any atom is 0.255 e. The zero-order valence-corrected chi connectivity index (χ0v) is 13.7. The molecular formula is C19H21N3O2. The lowest BCUT2D eigenvalue weighted by molar-refractivity contribution is -0.116. The molecule has 0 saturated heterocycles. The fourth-order valence-corrected chi connectivity index (χ4v) is 2.30. The third kappa shape index (κ3) is 4.08. The van der Waals surface area contributed by atoms with E-state index in [0.717, 1.165) is 5.39 Å². The number of carbonyl (C=O) groups excluding carboxylic acids is 1. The lowest BCUT2D eigenvalue weighted by atomic mass is 10.1. The third-order valence-corrected chi connectivity index (χ3v) is 3.52. The van der Waals surface area contributed by atoms with Crippen molar-refractivity contribution in [1.29, 1.82) is 0 Å². The lowest BCUT2D eigenvalue weighted by Crippen LogP contribution is -2.36. The number of carbonyl (C=O) groups is 1. The number of amides is 1. The molecule has 1 heterocycles. The molecular weight excluding hydrogens is 302 g/mol. The first-order chi connectivity index (χ1) is 11.6. The number of fused-ring (bicyclic) bond motifs is 1. The van der Waals surface area contributed by atoms with Gasteiger partial charge in [-0.15, -0.1) is 0 Å². The lowest BCUT2D eigenvalue weighted by Gasteiger charge is -2.13. The molecule has 124 valence electrons. The second-order valence-electron chi connectivity index (χ2n) is 5.27. The number of anilines is 1. The van der Waals surface area contributed by atoms with Crippen molar-refractivity contribution in [2.75, 3.05) is 5.32 Å². The minimum absolute atomic E-state index is 0.160. The van der Waals surface area contributed by atoms with E-state index in [0.29, 0.717) is 16.6 Å². The smallest absolute Gasteiger partial charge is 0.255 e. The molecule has 1 amide bonds. The first-order valence-corrected chi connectivity index (χ1v) is 7.70. The van der Waals surface area contributed by atoms with Gasteiger partial charge in [-0.1, -0.05) is 30.4 Å². The van der Waals surface area contributed by atoms with Gasteiger partial charge in [-0.2, -0.15) is 0 Å². The van der Waals surface area contributed by atoms with Crippen molar-refractivity contribution in [3.8, 4) is 0 Å². The zero-order valence-electron chi connectivity index (χ0n) is 13.7. The molecule has 0 aliphatic carbocycles. The minimum Gasteiger partial charge on any atom is -0.329 e. The van der Waals surface area contributed by atoms with E-state index in [2.05, 4.69) is 10.3 Å². The summed E-state index contributed by atoms with van der Waals surface area (Å²) in [6.07, 6.45) is 10.7. The van der Waals surface area contributed by atoms with Crippen molar-refractivity contribution in [3.05, 3.63) is 76.8 Å². The average Bonchev–Trinajstić information content (AvgIpc) is 2.58. The van der Waals surface area contributed by atoms with Crippen LogP contribution in [-0.2, 0) is 4.79 Å². The van der Waals surface area contributed by atoms with Crippen LogP contribution in [0.5, 0.6) is 0 Å². The van der Waals surface area contributed by atoms with E-state index in [4.69, 9.17) is 5.73 Å². The van der Waals surface area contributed by atoms with Gasteiger partial charge >= 0.3 is 0 Å². The highest BCUT2D eigenvalue weighted by Crippen LogP contribution is 2.16. The normalized spacial score (nSPS) is 13.7. The van der Waals surface area contributed by atoms with Crippen LogP contribution in [0.1, 0.15) is 13.8 Å². The molecule has 0 unspecified atom stereocenters. The summed E-state index contributed by atoms with van der Waals surface area (Å²) >= 11 is 0. The molecule has 0 fully saturated rings. The van der Waals surface area contributed by atoms with Gasteiger partial charge in [0.15, 0.2) is 0 Å². The number of rotatable bonds is 5. The number of aromatic nitrogens is 1. The summed E-state index contributed by atoms with van der Waals surface area (Å²) in [5.41, 5.74) is 7.20. The second kappa shape index (κ2) is 8.08. The van der Waals surface area contributed by atoms with Crippen LogP contribution in [0.3, 0.4) is 0 Å². The third-order valence-electron chi connectivity index (χ3n) is 3.52. The molecule has 0 aliphatic heterocycles. The Hall–Kier alpha value is -2.92. The van der Waals surface area contributed by atoms with E-state index in [-0.39, 0.29) is 11.5 Å². The summed E-state index contributed by atoms with van der Waals surface area (Å²) in [6, 6.07) is 6.11. The number of aromatic amines is 1. The summed E-state index contributed by atoms with van der Waals surface area (Å²) in [5.74, 6) is -0.312. The first-order valence-electron chi connectivity index (χ1n) is 7.70. The summed E-state index contributed by atoms with van der Waals surface area (Å²) in [6.45, 7) is 3.77. The molecule has 4 N–H and O–H groups in total. The molecule has 0 saturated carbocycles. The Morgan fingerprint density at radius 1 is 1.25 bits per heavy atom. The van der Waals surface area contributed by atoms with Gasteiger partial charge < -0.3 is 16.0 Å². The number of H-pyrrole nitrogens is 1. The van der Waals surface area contributed by atoms with Crippen molar-refractivity contribution in [3.63, 3.8) is 0 Å². The van der Waals surface area contributed by atoms with Crippen LogP contribution in [0.25, 0.3) is 10.8 Å². The average molecular weight is 323 g/mol. The van der Waals surface area contributed by atoms with Crippen LogP contribution < -0.4 is 16.6 Å². The van der Waals surface area contributed by atoms with Gasteiger partial charge in [0.25, 0.3) is 5.56 Å². The molecule has 0 spiro atoms. The van der Waals surface area contributed by atoms with Crippen molar-refractivity contribution in [1.82, 2.24) is 4.98 Å². The molecule has 5 nitrogen and oxygen atoms in total. The van der Waals surface area contributed by atoms with Crippen molar-refractivity contribution >= 4 is 22.4 Å². The number of hydrogen-bond acceptors (Lipinski definition) is 3. The van der Waals surface area contributed by atoms with Gasteiger partial charge in [-0.3, -0.25) is 9.59 Å². The van der Waals surface area contributed by atoms with E-state index < -0.39 is 6.04 Å². The quantitative estimate of drug-likeness (QED) is 0.739. The SMILES string of the molecule is C\C=C/C(=C\C=C\C)[C@@H](N)C(=O)Nc1ccc2c(=O)[nH]ccc2c1. The fourth-order valence-electron chi connectivity index (χ4n) is 2.30. The van der Waals surface area contributed by atoms with Crippen molar-refractivity contribution in [2.45, 2.75) is 19.9 Å². The number of pyridine rings is 1. The van der Waals surface area contributed by atoms with Gasteiger partial charge in [-0.25, -0.2) is 0 Å². The largest absolute Gasteiger partial charge is 0.329 e. The van der Waals surface area contributed by atoms with E-state index >= 15 is 0 Å². The summed E-state index contributed by atoms with van der Waals surface area (Å²) in [7, 11) is 0. The van der Waals surface area contributed by atoms with Gasteiger partial charge in [0, 0.05) is 17.3 Å². The number of benzene rings is 1. The molecule has 1 aromatic carbocycles. The Bertz CT molecular complexity index is 876. The van der Waals surface area contributed by atoms with Crippen molar-refractivity contribution < 1.29 is 4.79 Å². The summed E-state index contributed by atoms with van der Waals surface area (Å²) < 4.78 is 0. The number of hydrogen-bond donors (Lipinski definition) is 3. The Balaban J connectivity index is 2.23. The predicted octanol–water partition coefficient (Wildman–Crippen LogP) is 2.87. The van der Waals surface area contributed by atoms with Gasteiger partial charge in [0.1, 0.15) is 6.04 Å². The number of allylic oxidation sites excluding steroid dienone is 4. The molecule has 2 rings (SSSR count). The highest BCUT2D eigenvalue weighted by Gasteiger charge is 2.16. The molecule has 0 radical (unpaired) electrons. The standard InChI is InChI=1S/C19H21N3O2/c1-3-5-7-13(6-4-2)17(20)19(24)22-15-8-9-16-14(12-15)10-11-21-18(16)23/h3-12,17H,20H2,1-2H3,(H,21,23)(H,22,24)/b5-3+,6-4-,13-7+/t17-/m1/s1. The van der Waals surface area contributed by atoms with Crippen LogP contribution in [0.15, 0.2) is 71.2 Å². The highest BCUT2D eigenvalue weighted by molar-refractivity contribution is 5.99. The van der Waals surface area contributed by atoms with Crippen molar-refractivity contribution in [2.24, 2.45) is 5.73 Å². The number of nitrogens with one attached hydrogen (secondary N) is 2. The van der Waals surface area contributed by atoms with E-state index in [1.807, 2.05) is 44.2 Å². The summed E-state index contributed by atoms with van der Waals surface area (Å²) in [5, 5.41) is 4.12. The zero-order chi connectivity index (χ0) is 17.5. The monoisotopic (exact) mass is 323 g/mol. The Morgan fingerprint density at radius 2 is 2.04 bits per heavy atom. The van der Waals surface area contributed by atoms with Gasteiger partial charge in [0.05, 0.1) is 0 Å². The Morgan fingerprint density at radius 3 is 2.75 bits per heavy atom. The number of nitrogens with two attached hydrogens (primary N) is 1. The topological polar surface area (TPSA) is 88.0 Å². The molecule has 1 aromatic heterocycles. The van der Waals surface area contributed by atoms with Gasteiger partial charge in [-0.05, 0) is 49.1 Å². The molecule has 1 atom stereocenters. The van der Waals surface area contributed by atoms with E-state index in [1.54, 1.807) is 30.5 Å². The molecule has 0 aliphatic rings. The van der Waals surface area contributed by atoms with Crippen LogP contribution in [0.2, 0.25) is 0 Å². The predicted molar refractivity (Wildman–Crippen MR) is 98.9 cm³/mol. The van der Waals surface area contributed by atoms with Crippen LogP contribution in [0, 0.1) is 0 Å². The fraction of sp³-hybridized carbons (Fsp3) is 0.158. The highest BCUT2D eigenvalue weighted by atomic mass is 16.2. The van der Waals surface area contributed by atoms with E-state index in [1.165, 1.54) is 0 Å². The van der Waals surface area contributed by atoms with Crippen LogP contribution in [0.4, 0.5) is 5.69 Å². The second-order valence-corrected chi connectivity index (χ2v) is 5.27. The van der Waals surface area contributed by atoms with Crippen LogP contribution in [-0.4, -0.2) is 16.9 Å². The minimum atomic E-state index is -0.785. The Kier molecular flexibility index (Phi) is 5.87. The van der Waals surface area contributed by atoms with Gasteiger partial charge in [0.2, 0.25) is 5.91 Å². The molecule has 0 bridgehead atoms. The first kappa shape index (κ1) is 17.4. The molecule has 2 aromatic rings. The summed E-state index contributed by atoms with van der Waals surface area (Å²) in [4.78, 5) is 26.7. The molecule has 24 heavy (non-hydrogen) atoms. The maximum absolute atomic E-state index is 12.4. The van der Waals surface area contributed by atoms with Crippen LogP contribution >= 0.6 is 0 Å².